The highest BCUT2D eigenvalue weighted by Gasteiger charge is 2.18. The lowest BCUT2D eigenvalue weighted by atomic mass is 10.1. The van der Waals surface area contributed by atoms with Crippen molar-refractivity contribution < 1.29 is 9.47 Å². The molecule has 0 radical (unpaired) electrons. The minimum absolute atomic E-state index is 0.168. The zero-order valence-electron chi connectivity index (χ0n) is 18.3. The Morgan fingerprint density at radius 1 is 1.12 bits per heavy atom. The van der Waals surface area contributed by atoms with Crippen LogP contribution in [-0.4, -0.2) is 43.2 Å². The normalized spacial score (nSPS) is 13.8. The number of rotatable bonds is 7. The van der Waals surface area contributed by atoms with Gasteiger partial charge in [0.2, 0.25) is 0 Å². The van der Waals surface area contributed by atoms with E-state index >= 15 is 0 Å². The van der Waals surface area contributed by atoms with Gasteiger partial charge in [-0.15, -0.1) is 4.91 Å². The van der Waals surface area contributed by atoms with Crippen molar-refractivity contribution in [1.82, 2.24) is 9.78 Å². The van der Waals surface area contributed by atoms with Crippen LogP contribution in [0.2, 0.25) is 0 Å². The zero-order chi connectivity index (χ0) is 22.5. The van der Waals surface area contributed by atoms with Crippen molar-refractivity contribution in [3.8, 4) is 22.7 Å². The van der Waals surface area contributed by atoms with Crippen LogP contribution in [0.5, 0.6) is 5.75 Å². The summed E-state index contributed by atoms with van der Waals surface area (Å²) in [6.45, 7) is 4.76. The molecular formula is C24H26N4O4. The third-order valence-electron chi connectivity index (χ3n) is 5.53. The number of methoxy groups -OCH3 is 1. The van der Waals surface area contributed by atoms with Crippen molar-refractivity contribution >= 4 is 11.4 Å². The van der Waals surface area contributed by atoms with Gasteiger partial charge in [0.05, 0.1) is 26.0 Å². The molecule has 3 aromatic rings. The summed E-state index contributed by atoms with van der Waals surface area (Å²) in [4.78, 5) is 27.1. The Morgan fingerprint density at radius 3 is 2.66 bits per heavy atom. The standard InChI is InChI=1S/C24H26N4O4/c1-3-5-18-15-22(17-6-4-7-20(14-17)31-2)25-28(24(18)29)23-16-19(8-9-21(23)26-30)27-10-12-32-13-11-27/h4,6-9,14-16H,3,5,10-13H2,1-2H3. The lowest BCUT2D eigenvalue weighted by Crippen LogP contribution is -2.36. The molecule has 1 aromatic heterocycles. The van der Waals surface area contributed by atoms with Gasteiger partial charge in [0, 0.05) is 29.9 Å². The molecule has 0 N–H and O–H groups in total. The molecule has 0 amide bonds. The summed E-state index contributed by atoms with van der Waals surface area (Å²) in [5, 5.41) is 7.80. The zero-order valence-corrected chi connectivity index (χ0v) is 18.3. The number of aromatic nitrogens is 2. The SMILES string of the molecule is CCCc1cc(-c2cccc(OC)c2)nn(-c2cc(N3CCOCC3)ccc2N=O)c1=O. The molecule has 1 saturated heterocycles. The molecule has 0 unspecified atom stereocenters. The second kappa shape index (κ2) is 9.74. The van der Waals surface area contributed by atoms with E-state index < -0.39 is 0 Å². The van der Waals surface area contributed by atoms with Gasteiger partial charge in [0.25, 0.3) is 5.56 Å². The molecule has 1 fully saturated rings. The molecule has 4 rings (SSSR count). The quantitative estimate of drug-likeness (QED) is 0.521. The first-order chi connectivity index (χ1) is 15.6. The van der Waals surface area contributed by atoms with Crippen LogP contribution in [0.4, 0.5) is 11.4 Å². The van der Waals surface area contributed by atoms with Crippen LogP contribution >= 0.6 is 0 Å². The number of hydrogen-bond acceptors (Lipinski definition) is 7. The molecule has 0 bridgehead atoms. The molecule has 2 aromatic carbocycles. The number of benzene rings is 2. The van der Waals surface area contributed by atoms with Crippen molar-refractivity contribution in [2.75, 3.05) is 38.3 Å². The van der Waals surface area contributed by atoms with Gasteiger partial charge in [-0.1, -0.05) is 25.5 Å². The van der Waals surface area contributed by atoms with E-state index in [1.54, 1.807) is 13.2 Å². The van der Waals surface area contributed by atoms with Crippen molar-refractivity contribution in [3.05, 3.63) is 69.4 Å². The van der Waals surface area contributed by atoms with Crippen molar-refractivity contribution in [3.63, 3.8) is 0 Å². The lowest BCUT2D eigenvalue weighted by molar-refractivity contribution is 0.122. The number of nitrogens with zero attached hydrogens (tertiary/aromatic N) is 4. The Bertz CT molecular complexity index is 1170. The lowest BCUT2D eigenvalue weighted by Gasteiger charge is -2.29. The van der Waals surface area contributed by atoms with E-state index in [-0.39, 0.29) is 11.2 Å². The molecule has 8 nitrogen and oxygen atoms in total. The summed E-state index contributed by atoms with van der Waals surface area (Å²) in [6, 6.07) is 14.6. The molecule has 0 atom stereocenters. The number of morpholine rings is 1. The summed E-state index contributed by atoms with van der Waals surface area (Å²) >= 11 is 0. The van der Waals surface area contributed by atoms with Gasteiger partial charge in [0.15, 0.2) is 0 Å². The van der Waals surface area contributed by atoms with Gasteiger partial charge in [0.1, 0.15) is 17.1 Å². The van der Waals surface area contributed by atoms with Gasteiger partial charge in [-0.3, -0.25) is 4.79 Å². The number of hydrogen-bond donors (Lipinski definition) is 0. The van der Waals surface area contributed by atoms with Gasteiger partial charge in [-0.05, 0) is 48.0 Å². The van der Waals surface area contributed by atoms with Crippen LogP contribution in [0, 0.1) is 4.91 Å². The van der Waals surface area contributed by atoms with Gasteiger partial charge < -0.3 is 14.4 Å². The fourth-order valence-corrected chi connectivity index (χ4v) is 3.86. The topological polar surface area (TPSA) is 86.0 Å². The predicted molar refractivity (Wildman–Crippen MR) is 124 cm³/mol. The van der Waals surface area contributed by atoms with E-state index in [0.29, 0.717) is 42.3 Å². The Morgan fingerprint density at radius 2 is 1.94 bits per heavy atom. The number of anilines is 1. The van der Waals surface area contributed by atoms with Crippen LogP contribution < -0.4 is 15.2 Å². The van der Waals surface area contributed by atoms with Crippen molar-refractivity contribution in [2.24, 2.45) is 5.18 Å². The molecule has 0 aliphatic carbocycles. The van der Waals surface area contributed by atoms with Gasteiger partial charge in [-0.2, -0.15) is 9.78 Å². The monoisotopic (exact) mass is 434 g/mol. The van der Waals surface area contributed by atoms with E-state index in [1.165, 1.54) is 4.68 Å². The maximum Gasteiger partial charge on any atom is 0.274 e. The maximum atomic E-state index is 13.3. The first-order valence-electron chi connectivity index (χ1n) is 10.7. The van der Waals surface area contributed by atoms with Crippen LogP contribution in [0.25, 0.3) is 16.9 Å². The smallest absolute Gasteiger partial charge is 0.274 e. The summed E-state index contributed by atoms with van der Waals surface area (Å²) < 4.78 is 12.1. The highest BCUT2D eigenvalue weighted by Crippen LogP contribution is 2.29. The first kappa shape index (κ1) is 21.7. The number of ether oxygens (including phenoxy) is 2. The van der Waals surface area contributed by atoms with Crippen molar-refractivity contribution in [1.29, 1.82) is 0 Å². The molecule has 1 aliphatic rings. The van der Waals surface area contributed by atoms with Crippen molar-refractivity contribution in [2.45, 2.75) is 19.8 Å². The first-order valence-corrected chi connectivity index (χ1v) is 10.7. The van der Waals surface area contributed by atoms with Gasteiger partial charge >= 0.3 is 0 Å². The van der Waals surface area contributed by atoms with Crippen LogP contribution in [0.3, 0.4) is 0 Å². The Hall–Kier alpha value is -3.52. The van der Waals surface area contributed by atoms with E-state index in [1.807, 2.05) is 49.4 Å². The summed E-state index contributed by atoms with van der Waals surface area (Å²) in [7, 11) is 1.61. The molecule has 32 heavy (non-hydrogen) atoms. The van der Waals surface area contributed by atoms with E-state index in [9.17, 15) is 9.70 Å². The molecule has 8 heteroatoms. The second-order valence-corrected chi connectivity index (χ2v) is 7.62. The molecule has 166 valence electrons. The van der Waals surface area contributed by atoms with Crippen LogP contribution in [0.1, 0.15) is 18.9 Å². The largest absolute Gasteiger partial charge is 0.497 e. The predicted octanol–water partition coefficient (Wildman–Crippen LogP) is 4.10. The van der Waals surface area contributed by atoms with Gasteiger partial charge in [-0.25, -0.2) is 0 Å². The average molecular weight is 434 g/mol. The molecule has 1 aliphatic heterocycles. The highest BCUT2D eigenvalue weighted by atomic mass is 16.5. The molecule has 0 saturated carbocycles. The number of nitroso groups, excluding NO2 is 1. The average Bonchev–Trinajstić information content (AvgIpc) is 2.85. The molecule has 2 heterocycles. The Balaban J connectivity index is 1.89. The highest BCUT2D eigenvalue weighted by molar-refractivity contribution is 5.67. The Labute approximate surface area is 186 Å². The summed E-state index contributed by atoms with van der Waals surface area (Å²) in [6.07, 6.45) is 1.41. The Kier molecular flexibility index (Phi) is 6.61. The summed E-state index contributed by atoms with van der Waals surface area (Å²) in [5.74, 6) is 0.698. The third-order valence-corrected chi connectivity index (χ3v) is 5.53. The van der Waals surface area contributed by atoms with E-state index in [4.69, 9.17) is 9.47 Å². The fourth-order valence-electron chi connectivity index (χ4n) is 3.86. The second-order valence-electron chi connectivity index (χ2n) is 7.62. The third kappa shape index (κ3) is 4.40. The molecule has 0 spiro atoms. The number of aryl methyl sites for hydroxylation is 1. The maximum absolute atomic E-state index is 13.3. The van der Waals surface area contributed by atoms with Crippen LogP contribution in [0.15, 0.2) is 58.5 Å². The van der Waals surface area contributed by atoms with Crippen LogP contribution in [-0.2, 0) is 11.2 Å². The van der Waals surface area contributed by atoms with E-state index in [2.05, 4.69) is 15.2 Å². The van der Waals surface area contributed by atoms with E-state index in [0.717, 1.165) is 30.8 Å². The fraction of sp³-hybridized carbons (Fsp3) is 0.333. The summed E-state index contributed by atoms with van der Waals surface area (Å²) in [5.41, 5.74) is 3.27. The minimum atomic E-state index is -0.248. The molecular weight excluding hydrogens is 408 g/mol. The minimum Gasteiger partial charge on any atom is -0.497 e.